The lowest BCUT2D eigenvalue weighted by Gasteiger charge is -2.23. The average molecular weight is 364 g/mol. The number of nitriles is 1. The summed E-state index contributed by atoms with van der Waals surface area (Å²) in [5, 5.41) is 9.79. The lowest BCUT2D eigenvalue weighted by Crippen LogP contribution is -2.19. The van der Waals surface area contributed by atoms with E-state index < -0.39 is 0 Å². The molecule has 0 spiro atoms. The highest BCUT2D eigenvalue weighted by Crippen LogP contribution is 2.40. The van der Waals surface area contributed by atoms with E-state index in [4.69, 9.17) is 18.9 Å². The Morgan fingerprint density at radius 2 is 1.89 bits per heavy atom. The Bertz CT molecular complexity index is 975. The van der Waals surface area contributed by atoms with Crippen LogP contribution in [0.15, 0.2) is 24.3 Å². The van der Waals surface area contributed by atoms with E-state index in [0.29, 0.717) is 17.1 Å². The van der Waals surface area contributed by atoms with E-state index in [-0.39, 0.29) is 6.79 Å². The molecule has 0 atom stereocenters. The first-order chi connectivity index (χ1) is 13.2. The smallest absolute Gasteiger partial charge is 0.231 e. The SMILES string of the molecule is COc1ccc(C2=Cc3cc4c(cc3CCN2C)OCO4)c(C#N)c1OC. The third-order valence-electron chi connectivity index (χ3n) is 4.99. The normalized spacial score (nSPS) is 14.7. The van der Waals surface area contributed by atoms with Crippen molar-refractivity contribution < 1.29 is 18.9 Å². The van der Waals surface area contributed by atoms with Gasteiger partial charge in [-0.15, -0.1) is 0 Å². The number of methoxy groups -OCH3 is 2. The molecule has 138 valence electrons. The van der Waals surface area contributed by atoms with Crippen LogP contribution in [0.2, 0.25) is 0 Å². The molecule has 0 radical (unpaired) electrons. The Labute approximate surface area is 158 Å². The van der Waals surface area contributed by atoms with E-state index in [1.807, 2.05) is 31.3 Å². The van der Waals surface area contributed by atoms with Gasteiger partial charge in [0.05, 0.1) is 14.2 Å². The van der Waals surface area contributed by atoms with E-state index in [9.17, 15) is 5.26 Å². The summed E-state index contributed by atoms with van der Waals surface area (Å²) in [6.45, 7) is 1.07. The second kappa shape index (κ2) is 6.76. The largest absolute Gasteiger partial charge is 0.493 e. The number of fused-ring (bicyclic) bond motifs is 2. The molecule has 0 saturated heterocycles. The minimum Gasteiger partial charge on any atom is -0.493 e. The van der Waals surface area contributed by atoms with Gasteiger partial charge in [0, 0.05) is 24.9 Å². The number of likely N-dealkylation sites (N-methyl/N-ethyl adjacent to an activating group) is 1. The summed E-state index contributed by atoms with van der Waals surface area (Å²) in [7, 11) is 5.13. The fourth-order valence-electron chi connectivity index (χ4n) is 3.55. The Morgan fingerprint density at radius 3 is 2.59 bits per heavy atom. The molecule has 0 N–H and O–H groups in total. The number of benzene rings is 2. The van der Waals surface area contributed by atoms with Crippen LogP contribution in [-0.2, 0) is 6.42 Å². The van der Waals surface area contributed by atoms with E-state index in [1.54, 1.807) is 14.2 Å². The predicted molar refractivity (Wildman–Crippen MR) is 101 cm³/mol. The van der Waals surface area contributed by atoms with Crippen LogP contribution in [0, 0.1) is 11.3 Å². The molecule has 0 aliphatic carbocycles. The summed E-state index contributed by atoms with van der Waals surface area (Å²) in [6, 6.07) is 10.1. The first kappa shape index (κ1) is 17.1. The molecule has 2 aromatic rings. The lowest BCUT2D eigenvalue weighted by molar-refractivity contribution is 0.174. The van der Waals surface area contributed by atoms with E-state index >= 15 is 0 Å². The summed E-state index contributed by atoms with van der Waals surface area (Å²) in [6.07, 6.45) is 2.96. The van der Waals surface area contributed by atoms with Crippen LogP contribution in [0.25, 0.3) is 11.8 Å². The highest BCUT2D eigenvalue weighted by molar-refractivity contribution is 5.86. The van der Waals surface area contributed by atoms with Crippen molar-refractivity contribution in [2.75, 3.05) is 34.6 Å². The molecule has 2 aliphatic rings. The highest BCUT2D eigenvalue weighted by atomic mass is 16.7. The van der Waals surface area contributed by atoms with Crippen LogP contribution >= 0.6 is 0 Å². The maximum atomic E-state index is 9.79. The molecular weight excluding hydrogens is 344 g/mol. The Kier molecular flexibility index (Phi) is 4.28. The maximum Gasteiger partial charge on any atom is 0.231 e. The van der Waals surface area contributed by atoms with Crippen LogP contribution in [0.1, 0.15) is 22.3 Å². The van der Waals surface area contributed by atoms with Crippen molar-refractivity contribution in [2.24, 2.45) is 0 Å². The number of ether oxygens (including phenoxy) is 4. The summed E-state index contributed by atoms with van der Waals surface area (Å²) in [4.78, 5) is 2.15. The molecule has 27 heavy (non-hydrogen) atoms. The number of hydrogen-bond donors (Lipinski definition) is 0. The Hall–Kier alpha value is -3.33. The maximum absolute atomic E-state index is 9.79. The van der Waals surface area contributed by atoms with Gasteiger partial charge in [0.2, 0.25) is 6.79 Å². The van der Waals surface area contributed by atoms with E-state index in [1.165, 1.54) is 5.56 Å². The van der Waals surface area contributed by atoms with Crippen molar-refractivity contribution >= 4 is 11.8 Å². The zero-order chi connectivity index (χ0) is 19.0. The summed E-state index contributed by atoms with van der Waals surface area (Å²) >= 11 is 0. The van der Waals surface area contributed by atoms with Gasteiger partial charge in [-0.1, -0.05) is 0 Å². The molecule has 6 nitrogen and oxygen atoms in total. The Morgan fingerprint density at radius 1 is 1.11 bits per heavy atom. The molecule has 0 unspecified atom stereocenters. The molecule has 2 heterocycles. The zero-order valence-electron chi connectivity index (χ0n) is 15.5. The van der Waals surface area contributed by atoms with Crippen LogP contribution in [0.4, 0.5) is 0 Å². The molecule has 4 rings (SSSR count). The van der Waals surface area contributed by atoms with E-state index in [2.05, 4.69) is 17.0 Å². The average Bonchev–Trinajstić information content (AvgIpc) is 3.09. The van der Waals surface area contributed by atoms with Crippen LogP contribution in [0.3, 0.4) is 0 Å². The van der Waals surface area contributed by atoms with Gasteiger partial charge in [0.1, 0.15) is 11.6 Å². The third kappa shape index (κ3) is 2.81. The molecule has 2 aliphatic heterocycles. The van der Waals surface area contributed by atoms with Gasteiger partial charge in [-0.3, -0.25) is 0 Å². The second-order valence-corrected chi connectivity index (χ2v) is 6.44. The van der Waals surface area contributed by atoms with Gasteiger partial charge in [-0.25, -0.2) is 0 Å². The first-order valence-electron chi connectivity index (χ1n) is 8.67. The topological polar surface area (TPSA) is 64.0 Å². The minimum absolute atomic E-state index is 0.253. The molecule has 6 heteroatoms. The summed E-state index contributed by atoms with van der Waals surface area (Å²) < 4.78 is 21.8. The molecule has 2 aromatic carbocycles. The lowest BCUT2D eigenvalue weighted by atomic mass is 9.99. The standard InChI is InChI=1S/C21H20N2O4/c1-23-7-6-13-9-19-20(27-12-26-19)10-14(13)8-17(23)15-4-5-18(24-2)21(25-3)16(15)11-22/h4-5,8-10H,6-7,12H2,1-3H3. The van der Waals surface area contributed by atoms with Gasteiger partial charge in [0.15, 0.2) is 23.0 Å². The van der Waals surface area contributed by atoms with Gasteiger partial charge < -0.3 is 23.8 Å². The fraction of sp³-hybridized carbons (Fsp3) is 0.286. The second-order valence-electron chi connectivity index (χ2n) is 6.44. The van der Waals surface area contributed by atoms with E-state index in [0.717, 1.165) is 41.3 Å². The number of rotatable bonds is 3. The van der Waals surface area contributed by atoms with Crippen LogP contribution in [-0.4, -0.2) is 39.5 Å². The van der Waals surface area contributed by atoms with Crippen molar-refractivity contribution in [3.05, 3.63) is 46.5 Å². The molecule has 0 amide bonds. The van der Waals surface area contributed by atoms with Gasteiger partial charge in [0.25, 0.3) is 0 Å². The third-order valence-corrected chi connectivity index (χ3v) is 4.99. The van der Waals surface area contributed by atoms with Crippen molar-refractivity contribution in [1.29, 1.82) is 5.26 Å². The quantitative estimate of drug-likeness (QED) is 0.833. The first-order valence-corrected chi connectivity index (χ1v) is 8.67. The number of nitrogens with zero attached hydrogens (tertiary/aromatic N) is 2. The minimum atomic E-state index is 0.253. The van der Waals surface area contributed by atoms with Crippen molar-refractivity contribution in [1.82, 2.24) is 4.90 Å². The molecule has 0 fully saturated rings. The Balaban J connectivity index is 1.89. The predicted octanol–water partition coefficient (Wildman–Crippen LogP) is 3.29. The monoisotopic (exact) mass is 364 g/mol. The zero-order valence-corrected chi connectivity index (χ0v) is 15.5. The van der Waals surface area contributed by atoms with Crippen LogP contribution in [0.5, 0.6) is 23.0 Å². The van der Waals surface area contributed by atoms with Crippen molar-refractivity contribution in [3.8, 4) is 29.1 Å². The molecule has 0 aromatic heterocycles. The molecular formula is C21H20N2O4. The summed E-state index contributed by atoms with van der Waals surface area (Å²) in [5.41, 5.74) is 4.48. The van der Waals surface area contributed by atoms with Gasteiger partial charge in [-0.2, -0.15) is 5.26 Å². The van der Waals surface area contributed by atoms with Crippen LogP contribution < -0.4 is 18.9 Å². The fourth-order valence-corrected chi connectivity index (χ4v) is 3.55. The number of hydrogen-bond acceptors (Lipinski definition) is 6. The highest BCUT2D eigenvalue weighted by Gasteiger charge is 2.23. The van der Waals surface area contributed by atoms with Crippen molar-refractivity contribution in [2.45, 2.75) is 6.42 Å². The summed E-state index contributed by atoms with van der Waals surface area (Å²) in [5.74, 6) is 2.53. The van der Waals surface area contributed by atoms with Gasteiger partial charge >= 0.3 is 0 Å². The molecule has 0 saturated carbocycles. The van der Waals surface area contributed by atoms with Crippen molar-refractivity contribution in [3.63, 3.8) is 0 Å². The molecule has 0 bridgehead atoms. The van der Waals surface area contributed by atoms with Gasteiger partial charge in [-0.05, 0) is 47.9 Å².